The fraction of sp³-hybridized carbons (Fsp3) is 0.235. The summed E-state index contributed by atoms with van der Waals surface area (Å²) in [6, 6.07) is 10.8. The van der Waals surface area contributed by atoms with Gasteiger partial charge in [-0.1, -0.05) is 17.7 Å². The van der Waals surface area contributed by atoms with Crippen LogP contribution in [0.1, 0.15) is 16.8 Å². The van der Waals surface area contributed by atoms with Crippen LogP contribution in [0.3, 0.4) is 0 Å². The van der Waals surface area contributed by atoms with E-state index < -0.39 is 0 Å². The van der Waals surface area contributed by atoms with Gasteiger partial charge in [0.15, 0.2) is 0 Å². The first-order valence-corrected chi connectivity index (χ1v) is 7.85. The van der Waals surface area contributed by atoms with Crippen LogP contribution in [0.25, 0.3) is 22.1 Å². The summed E-state index contributed by atoms with van der Waals surface area (Å²) in [6.45, 7) is 1.48. The highest BCUT2D eigenvalue weighted by Gasteiger charge is 2.12. The molecule has 0 bridgehead atoms. The summed E-state index contributed by atoms with van der Waals surface area (Å²) in [5, 5.41) is 6.58. The van der Waals surface area contributed by atoms with Crippen LogP contribution in [-0.2, 0) is 0 Å². The van der Waals surface area contributed by atoms with E-state index in [4.69, 9.17) is 11.6 Å². The number of para-hydroxylation sites is 1. The molecular weight excluding hydrogens is 312 g/mol. The smallest absolute Gasteiger partial charge is 0.253 e. The van der Waals surface area contributed by atoms with E-state index in [1.807, 2.05) is 25.2 Å². The molecule has 0 unspecified atom stereocenters. The number of nitrogens with one attached hydrogen (secondary N) is 2. The van der Waals surface area contributed by atoms with Crippen LogP contribution >= 0.6 is 11.6 Å². The Bertz CT molecular complexity index is 866. The molecule has 2 aromatic carbocycles. The van der Waals surface area contributed by atoms with Crippen LogP contribution in [0.5, 0.6) is 0 Å². The van der Waals surface area contributed by atoms with E-state index in [2.05, 4.69) is 20.6 Å². The van der Waals surface area contributed by atoms with Gasteiger partial charge in [-0.05, 0) is 50.3 Å². The number of hydrogen-bond acceptors (Lipinski definition) is 4. The molecule has 0 atom stereocenters. The number of carbonyl (C=O) groups excluding carboxylic acids is 1. The molecular formula is C17H17ClN4O. The van der Waals surface area contributed by atoms with Gasteiger partial charge in [-0.25, -0.2) is 9.97 Å². The van der Waals surface area contributed by atoms with Crippen molar-refractivity contribution in [3.05, 3.63) is 47.0 Å². The molecule has 2 N–H and O–H groups in total. The predicted octanol–water partition coefficient (Wildman–Crippen LogP) is 2.78. The number of hydrogen-bond donors (Lipinski definition) is 2. The minimum absolute atomic E-state index is 0.130. The van der Waals surface area contributed by atoms with E-state index in [0.29, 0.717) is 28.2 Å². The molecule has 0 aliphatic carbocycles. The maximum Gasteiger partial charge on any atom is 0.253 e. The Labute approximate surface area is 139 Å². The highest BCUT2D eigenvalue weighted by atomic mass is 35.5. The second kappa shape index (κ2) is 6.89. The van der Waals surface area contributed by atoms with Gasteiger partial charge in [-0.3, -0.25) is 4.79 Å². The molecule has 5 nitrogen and oxygen atoms in total. The van der Waals surface area contributed by atoms with Crippen LogP contribution in [0.2, 0.25) is 5.02 Å². The lowest BCUT2D eigenvalue weighted by Gasteiger charge is -2.08. The topological polar surface area (TPSA) is 66.9 Å². The van der Waals surface area contributed by atoms with Gasteiger partial charge >= 0.3 is 0 Å². The third kappa shape index (κ3) is 3.41. The van der Waals surface area contributed by atoms with Crippen molar-refractivity contribution in [1.29, 1.82) is 0 Å². The standard InChI is InChI=1S/C17H17ClN4O/c1-19-8-3-9-20-17(23)12-4-2-5-14-16(12)22-13-7-6-11(18)10-15(13)21-14/h2,4-7,10,19H,3,8-9H2,1H3,(H,20,23). The minimum Gasteiger partial charge on any atom is -0.352 e. The van der Waals surface area contributed by atoms with Crippen molar-refractivity contribution in [2.24, 2.45) is 0 Å². The number of aromatic nitrogens is 2. The van der Waals surface area contributed by atoms with Gasteiger partial charge in [0.2, 0.25) is 0 Å². The van der Waals surface area contributed by atoms with Crippen LogP contribution in [0, 0.1) is 0 Å². The summed E-state index contributed by atoms with van der Waals surface area (Å²) >= 11 is 6.00. The zero-order valence-corrected chi connectivity index (χ0v) is 13.5. The van der Waals surface area contributed by atoms with Crippen molar-refractivity contribution >= 4 is 39.6 Å². The Morgan fingerprint density at radius 1 is 1.09 bits per heavy atom. The molecule has 0 radical (unpaired) electrons. The lowest BCUT2D eigenvalue weighted by Crippen LogP contribution is -2.26. The first-order valence-electron chi connectivity index (χ1n) is 7.48. The Kier molecular flexibility index (Phi) is 4.69. The highest BCUT2D eigenvalue weighted by Crippen LogP contribution is 2.21. The van der Waals surface area contributed by atoms with Crippen LogP contribution < -0.4 is 10.6 Å². The molecule has 3 aromatic rings. The number of nitrogens with zero attached hydrogens (tertiary/aromatic N) is 2. The molecule has 1 amide bonds. The second-order valence-electron chi connectivity index (χ2n) is 5.24. The molecule has 0 saturated heterocycles. The number of amides is 1. The Balaban J connectivity index is 1.97. The quantitative estimate of drug-likeness (QED) is 0.558. The molecule has 118 valence electrons. The molecule has 0 spiro atoms. The number of rotatable bonds is 5. The van der Waals surface area contributed by atoms with Gasteiger partial charge in [-0.15, -0.1) is 0 Å². The molecule has 0 aliphatic heterocycles. The largest absolute Gasteiger partial charge is 0.352 e. The van der Waals surface area contributed by atoms with Crippen molar-refractivity contribution in [3.63, 3.8) is 0 Å². The van der Waals surface area contributed by atoms with Gasteiger partial charge in [0, 0.05) is 11.6 Å². The molecule has 0 saturated carbocycles. The fourth-order valence-corrected chi connectivity index (χ4v) is 2.58. The molecule has 1 heterocycles. The van der Waals surface area contributed by atoms with Gasteiger partial charge in [0.25, 0.3) is 5.91 Å². The van der Waals surface area contributed by atoms with E-state index in [0.717, 1.165) is 24.0 Å². The number of fused-ring (bicyclic) bond motifs is 2. The maximum atomic E-state index is 12.4. The first kappa shape index (κ1) is 15.6. The summed E-state index contributed by atoms with van der Waals surface area (Å²) in [5.41, 5.74) is 3.27. The number of halogens is 1. The summed E-state index contributed by atoms with van der Waals surface area (Å²) in [4.78, 5) is 21.5. The Hall–Kier alpha value is -2.24. The van der Waals surface area contributed by atoms with Crippen LogP contribution in [0.4, 0.5) is 0 Å². The second-order valence-corrected chi connectivity index (χ2v) is 5.68. The molecule has 0 aliphatic rings. The highest BCUT2D eigenvalue weighted by molar-refractivity contribution is 6.31. The third-order valence-corrected chi connectivity index (χ3v) is 3.79. The van der Waals surface area contributed by atoms with Crippen molar-refractivity contribution < 1.29 is 4.79 Å². The van der Waals surface area contributed by atoms with E-state index >= 15 is 0 Å². The summed E-state index contributed by atoms with van der Waals surface area (Å²) in [7, 11) is 1.89. The van der Waals surface area contributed by atoms with Crippen molar-refractivity contribution in [3.8, 4) is 0 Å². The van der Waals surface area contributed by atoms with Crippen LogP contribution in [0.15, 0.2) is 36.4 Å². The molecule has 6 heteroatoms. The minimum atomic E-state index is -0.130. The predicted molar refractivity (Wildman–Crippen MR) is 92.9 cm³/mol. The van der Waals surface area contributed by atoms with Crippen molar-refractivity contribution in [2.75, 3.05) is 20.1 Å². The maximum absolute atomic E-state index is 12.4. The average Bonchev–Trinajstić information content (AvgIpc) is 2.56. The average molecular weight is 329 g/mol. The first-order chi connectivity index (χ1) is 11.2. The van der Waals surface area contributed by atoms with E-state index in [9.17, 15) is 4.79 Å². The van der Waals surface area contributed by atoms with E-state index in [1.54, 1.807) is 18.2 Å². The monoisotopic (exact) mass is 328 g/mol. The molecule has 3 rings (SSSR count). The van der Waals surface area contributed by atoms with Gasteiger partial charge in [0.05, 0.1) is 22.1 Å². The fourth-order valence-electron chi connectivity index (χ4n) is 2.42. The van der Waals surface area contributed by atoms with E-state index in [-0.39, 0.29) is 5.91 Å². The molecule has 1 aromatic heterocycles. The van der Waals surface area contributed by atoms with Crippen LogP contribution in [-0.4, -0.2) is 36.0 Å². The SMILES string of the molecule is CNCCCNC(=O)c1cccc2nc3cc(Cl)ccc3nc12. The number of benzene rings is 2. The van der Waals surface area contributed by atoms with Crippen molar-refractivity contribution in [2.45, 2.75) is 6.42 Å². The summed E-state index contributed by atoms with van der Waals surface area (Å²) in [6.07, 6.45) is 0.875. The third-order valence-electron chi connectivity index (χ3n) is 3.56. The van der Waals surface area contributed by atoms with Gasteiger partial charge in [-0.2, -0.15) is 0 Å². The zero-order chi connectivity index (χ0) is 16.2. The zero-order valence-electron chi connectivity index (χ0n) is 12.8. The lowest BCUT2D eigenvalue weighted by molar-refractivity contribution is 0.0955. The van der Waals surface area contributed by atoms with Crippen molar-refractivity contribution in [1.82, 2.24) is 20.6 Å². The molecule has 0 fully saturated rings. The van der Waals surface area contributed by atoms with Gasteiger partial charge < -0.3 is 10.6 Å². The number of carbonyl (C=O) groups is 1. The van der Waals surface area contributed by atoms with E-state index in [1.165, 1.54) is 0 Å². The normalized spacial score (nSPS) is 11.0. The molecule has 23 heavy (non-hydrogen) atoms. The Morgan fingerprint density at radius 3 is 2.78 bits per heavy atom. The summed E-state index contributed by atoms with van der Waals surface area (Å²) < 4.78 is 0. The summed E-state index contributed by atoms with van der Waals surface area (Å²) in [5.74, 6) is -0.130. The van der Waals surface area contributed by atoms with Gasteiger partial charge in [0.1, 0.15) is 5.52 Å². The Morgan fingerprint density at radius 2 is 1.96 bits per heavy atom. The lowest BCUT2D eigenvalue weighted by atomic mass is 10.1.